The van der Waals surface area contributed by atoms with E-state index in [-0.39, 0.29) is 26.4 Å². The van der Waals surface area contributed by atoms with E-state index in [4.69, 9.17) is 28.4 Å². The number of carbonyl (C=O) groups is 2. The van der Waals surface area contributed by atoms with Crippen molar-refractivity contribution in [3.05, 3.63) is 109 Å². The second-order valence-corrected chi connectivity index (χ2v) is 10.7. The highest BCUT2D eigenvalue weighted by molar-refractivity contribution is 6.11. The average molecular weight is 653 g/mol. The Morgan fingerprint density at radius 3 is 1.12 bits per heavy atom. The zero-order valence-electron chi connectivity index (χ0n) is 27.1. The van der Waals surface area contributed by atoms with Gasteiger partial charge in [0.25, 0.3) is 0 Å². The van der Waals surface area contributed by atoms with Crippen LogP contribution in [0, 0.1) is 0 Å². The smallest absolute Gasteiger partial charge is 0.407 e. The first-order chi connectivity index (χ1) is 23.6. The summed E-state index contributed by atoms with van der Waals surface area (Å²) in [5, 5.41) is 8.53. The predicted octanol–water partition coefficient (Wildman–Crippen LogP) is 7.14. The number of benzene rings is 5. The van der Waals surface area contributed by atoms with Crippen LogP contribution in [-0.2, 0) is 9.47 Å². The van der Waals surface area contributed by atoms with Gasteiger partial charge in [0.2, 0.25) is 0 Å². The Hall–Kier alpha value is -5.64. The maximum absolute atomic E-state index is 12.4. The number of fused-ring (bicyclic) bond motifs is 2. The van der Waals surface area contributed by atoms with Crippen LogP contribution in [0.3, 0.4) is 0 Å². The van der Waals surface area contributed by atoms with Gasteiger partial charge < -0.3 is 39.1 Å². The van der Waals surface area contributed by atoms with Crippen molar-refractivity contribution in [2.45, 2.75) is 26.1 Å². The summed E-state index contributed by atoms with van der Waals surface area (Å²) in [7, 11) is 0. The van der Waals surface area contributed by atoms with Gasteiger partial charge in [0.15, 0.2) is 12.2 Å². The molecule has 2 unspecified atom stereocenters. The highest BCUT2D eigenvalue weighted by atomic mass is 16.6. The van der Waals surface area contributed by atoms with Crippen LogP contribution < -0.4 is 29.6 Å². The maximum atomic E-state index is 12.4. The van der Waals surface area contributed by atoms with Gasteiger partial charge in [-0.25, -0.2) is 9.59 Å². The number of hydrogen-bond donors (Lipinski definition) is 2. The second-order valence-electron chi connectivity index (χ2n) is 10.7. The molecule has 48 heavy (non-hydrogen) atoms. The molecule has 0 aliphatic heterocycles. The van der Waals surface area contributed by atoms with E-state index in [1.807, 2.05) is 123 Å². The zero-order valence-corrected chi connectivity index (χ0v) is 27.1. The molecule has 5 rings (SSSR count). The van der Waals surface area contributed by atoms with E-state index in [9.17, 15) is 9.59 Å². The monoisotopic (exact) mass is 652 g/mol. The fraction of sp³-hybridized carbons (Fsp3) is 0.263. The number of carbonyl (C=O) groups excluding carboxylic acids is 2. The molecule has 0 aliphatic rings. The third kappa shape index (κ3) is 9.22. The van der Waals surface area contributed by atoms with Crippen molar-refractivity contribution in [1.29, 1.82) is 0 Å². The van der Waals surface area contributed by atoms with Crippen LogP contribution in [0.4, 0.5) is 9.59 Å². The Morgan fingerprint density at radius 2 is 0.792 bits per heavy atom. The lowest BCUT2D eigenvalue weighted by Gasteiger charge is -2.23. The lowest BCUT2D eigenvalue weighted by atomic mass is 10.0. The summed E-state index contributed by atoms with van der Waals surface area (Å²) < 4.78 is 36.1. The predicted molar refractivity (Wildman–Crippen MR) is 184 cm³/mol. The van der Waals surface area contributed by atoms with Gasteiger partial charge in [-0.3, -0.25) is 0 Å². The standard InChI is InChI=1S/C38H40N2O8/c1-3-39-37(41)47-29(23-43-27-15-7-5-8-16-27)25-45-35-31-19-11-13-21-33(31)36(34-22-14-12-20-32(34)35)46-26-30(48-38(42)40-4-2)24-44-28-17-9-6-10-18-28/h5-22,29-30H,3-4,23-26H2,1-2H3,(H,39,41)(H,40,42). The van der Waals surface area contributed by atoms with Gasteiger partial charge in [-0.05, 0) is 38.1 Å². The van der Waals surface area contributed by atoms with Crippen molar-refractivity contribution in [3.63, 3.8) is 0 Å². The Kier molecular flexibility index (Phi) is 12.2. The lowest BCUT2D eigenvalue weighted by Crippen LogP contribution is -2.36. The van der Waals surface area contributed by atoms with Gasteiger partial charge in [0.05, 0.1) is 0 Å². The van der Waals surface area contributed by atoms with Crippen molar-refractivity contribution in [2.75, 3.05) is 39.5 Å². The molecule has 5 aromatic carbocycles. The molecule has 10 nitrogen and oxygen atoms in total. The highest BCUT2D eigenvalue weighted by Crippen LogP contribution is 2.42. The number of alkyl carbamates (subject to hydrolysis) is 2. The topological polar surface area (TPSA) is 114 Å². The molecule has 2 atom stereocenters. The fourth-order valence-corrected chi connectivity index (χ4v) is 5.03. The van der Waals surface area contributed by atoms with Crippen LogP contribution in [0.15, 0.2) is 109 Å². The minimum absolute atomic E-state index is 0.0391. The van der Waals surface area contributed by atoms with Crippen LogP contribution in [-0.4, -0.2) is 63.9 Å². The van der Waals surface area contributed by atoms with Crippen molar-refractivity contribution in [3.8, 4) is 23.0 Å². The lowest BCUT2D eigenvalue weighted by molar-refractivity contribution is 0.0358. The molecular weight excluding hydrogens is 612 g/mol. The van der Waals surface area contributed by atoms with E-state index < -0.39 is 24.4 Å². The molecule has 2 amide bonds. The van der Waals surface area contributed by atoms with Gasteiger partial charge in [-0.15, -0.1) is 0 Å². The van der Waals surface area contributed by atoms with Crippen LogP contribution in [0.5, 0.6) is 23.0 Å². The van der Waals surface area contributed by atoms with Crippen LogP contribution in [0.1, 0.15) is 13.8 Å². The fourth-order valence-electron chi connectivity index (χ4n) is 5.03. The number of para-hydroxylation sites is 2. The molecule has 0 spiro atoms. The van der Waals surface area contributed by atoms with E-state index in [0.717, 1.165) is 21.5 Å². The van der Waals surface area contributed by atoms with E-state index in [1.165, 1.54) is 0 Å². The van der Waals surface area contributed by atoms with Crippen LogP contribution in [0.2, 0.25) is 0 Å². The number of rotatable bonds is 16. The molecule has 10 heteroatoms. The SMILES string of the molecule is CCNC(=O)OC(COc1ccccc1)COc1c2ccccc2c(OCC(COc2ccccc2)OC(=O)NCC)c2ccccc12. The average Bonchev–Trinajstić information content (AvgIpc) is 3.11. The molecule has 250 valence electrons. The Labute approximate surface area is 279 Å². The molecule has 0 fully saturated rings. The zero-order chi connectivity index (χ0) is 33.6. The van der Waals surface area contributed by atoms with Gasteiger partial charge in [-0.2, -0.15) is 0 Å². The third-order valence-corrected chi connectivity index (χ3v) is 7.21. The summed E-state index contributed by atoms with van der Waals surface area (Å²) in [5.74, 6) is 2.53. The first kappa shape index (κ1) is 33.7. The maximum Gasteiger partial charge on any atom is 0.407 e. The van der Waals surface area contributed by atoms with E-state index in [2.05, 4.69) is 10.6 Å². The molecule has 5 aromatic rings. The van der Waals surface area contributed by atoms with E-state index in [0.29, 0.717) is 36.1 Å². The summed E-state index contributed by atoms with van der Waals surface area (Å²) in [4.78, 5) is 24.8. The Morgan fingerprint density at radius 1 is 0.479 bits per heavy atom. The second kappa shape index (κ2) is 17.3. The molecule has 0 aromatic heterocycles. The van der Waals surface area contributed by atoms with Crippen LogP contribution in [0.25, 0.3) is 21.5 Å². The van der Waals surface area contributed by atoms with Gasteiger partial charge in [0.1, 0.15) is 49.4 Å². The largest absolute Gasteiger partial charge is 0.490 e. The summed E-state index contributed by atoms with van der Waals surface area (Å²) in [6.07, 6.45) is -2.52. The highest BCUT2D eigenvalue weighted by Gasteiger charge is 2.22. The minimum atomic E-state index is -0.706. The summed E-state index contributed by atoms with van der Waals surface area (Å²) in [6.45, 7) is 4.76. The number of amides is 2. The molecule has 0 aliphatic carbocycles. The number of nitrogens with one attached hydrogen (secondary N) is 2. The van der Waals surface area contributed by atoms with Gasteiger partial charge in [0, 0.05) is 34.6 Å². The number of ether oxygens (including phenoxy) is 6. The van der Waals surface area contributed by atoms with E-state index in [1.54, 1.807) is 0 Å². The van der Waals surface area contributed by atoms with E-state index >= 15 is 0 Å². The van der Waals surface area contributed by atoms with Gasteiger partial charge >= 0.3 is 12.2 Å². The normalized spacial score (nSPS) is 12.0. The third-order valence-electron chi connectivity index (χ3n) is 7.21. The Bertz CT molecular complexity index is 1580. The first-order valence-electron chi connectivity index (χ1n) is 16.0. The first-order valence-corrected chi connectivity index (χ1v) is 16.0. The van der Waals surface area contributed by atoms with Gasteiger partial charge in [-0.1, -0.05) is 84.9 Å². The molecule has 0 radical (unpaired) electrons. The Balaban J connectivity index is 1.40. The molecule has 0 heterocycles. The summed E-state index contributed by atoms with van der Waals surface area (Å²) >= 11 is 0. The molecule has 0 saturated heterocycles. The molecular formula is C38H40N2O8. The quantitative estimate of drug-likeness (QED) is 0.108. The number of hydrogen-bond acceptors (Lipinski definition) is 8. The van der Waals surface area contributed by atoms with Crippen molar-refractivity contribution >= 4 is 33.7 Å². The summed E-state index contributed by atoms with van der Waals surface area (Å²) in [5.41, 5.74) is 0. The molecule has 2 N–H and O–H groups in total. The van der Waals surface area contributed by atoms with Crippen molar-refractivity contribution < 1.29 is 38.0 Å². The molecule has 0 saturated carbocycles. The van der Waals surface area contributed by atoms with Crippen molar-refractivity contribution in [1.82, 2.24) is 10.6 Å². The minimum Gasteiger partial charge on any atom is -0.490 e. The summed E-state index contributed by atoms with van der Waals surface area (Å²) in [6, 6.07) is 34.1. The van der Waals surface area contributed by atoms with Crippen LogP contribution >= 0.6 is 0 Å². The van der Waals surface area contributed by atoms with Crippen molar-refractivity contribution in [2.24, 2.45) is 0 Å². The molecule has 0 bridgehead atoms.